The summed E-state index contributed by atoms with van der Waals surface area (Å²) in [5.41, 5.74) is -0.678. The minimum atomic E-state index is -0.894. The molecular formula is C13H24N2O3. The fraction of sp³-hybridized carbons (Fsp3) is 0.846. The van der Waals surface area contributed by atoms with Gasteiger partial charge in [0.25, 0.3) is 0 Å². The number of aliphatic carboxylic acids is 1. The van der Waals surface area contributed by atoms with E-state index in [0.29, 0.717) is 12.5 Å². The highest BCUT2D eigenvalue weighted by molar-refractivity contribution is 5.78. The predicted molar refractivity (Wildman–Crippen MR) is 69.4 cm³/mol. The number of hydrogen-bond donors (Lipinski definition) is 3. The van der Waals surface area contributed by atoms with Gasteiger partial charge in [0.15, 0.2) is 0 Å². The van der Waals surface area contributed by atoms with Gasteiger partial charge in [0, 0.05) is 18.0 Å². The number of rotatable bonds is 6. The van der Waals surface area contributed by atoms with Crippen molar-refractivity contribution in [2.24, 2.45) is 0 Å². The molecule has 1 amide bonds. The lowest BCUT2D eigenvalue weighted by atomic mass is 9.98. The Balaban J connectivity index is 2.25. The summed E-state index contributed by atoms with van der Waals surface area (Å²) in [5, 5.41) is 14.9. The van der Waals surface area contributed by atoms with Gasteiger partial charge in [-0.2, -0.15) is 0 Å². The van der Waals surface area contributed by atoms with Crippen LogP contribution in [-0.4, -0.2) is 35.1 Å². The Bertz CT molecular complexity index is 297. The molecule has 0 aromatic rings. The highest BCUT2D eigenvalue weighted by Gasteiger charge is 2.24. The third-order valence-corrected chi connectivity index (χ3v) is 3.20. The lowest BCUT2D eigenvalue weighted by Gasteiger charge is -2.26. The van der Waals surface area contributed by atoms with Crippen LogP contribution in [0.4, 0.5) is 0 Å². The summed E-state index contributed by atoms with van der Waals surface area (Å²) in [7, 11) is 0. The molecule has 5 nitrogen and oxygen atoms in total. The summed E-state index contributed by atoms with van der Waals surface area (Å²) >= 11 is 0. The zero-order valence-electron chi connectivity index (χ0n) is 11.3. The molecule has 1 saturated heterocycles. The largest absolute Gasteiger partial charge is 0.481 e. The molecule has 0 saturated carbocycles. The van der Waals surface area contributed by atoms with Crippen molar-refractivity contribution in [3.8, 4) is 0 Å². The van der Waals surface area contributed by atoms with E-state index in [1.165, 1.54) is 12.8 Å². The molecule has 0 radical (unpaired) electrons. The summed E-state index contributed by atoms with van der Waals surface area (Å²) in [5.74, 6) is -0.956. The van der Waals surface area contributed by atoms with E-state index < -0.39 is 11.5 Å². The molecule has 1 unspecified atom stereocenters. The van der Waals surface area contributed by atoms with Gasteiger partial charge in [-0.05, 0) is 39.7 Å². The first kappa shape index (κ1) is 15.0. The molecule has 1 atom stereocenters. The molecule has 1 fully saturated rings. The number of carbonyl (C=O) groups is 2. The number of carboxylic acids is 1. The van der Waals surface area contributed by atoms with Crippen molar-refractivity contribution >= 4 is 11.9 Å². The summed E-state index contributed by atoms with van der Waals surface area (Å²) in [6, 6.07) is 0.437. The van der Waals surface area contributed by atoms with Gasteiger partial charge in [-0.25, -0.2) is 0 Å². The van der Waals surface area contributed by atoms with Crippen LogP contribution < -0.4 is 10.6 Å². The second-order valence-corrected chi connectivity index (χ2v) is 5.69. The van der Waals surface area contributed by atoms with Crippen LogP contribution in [0.1, 0.15) is 52.4 Å². The molecule has 0 aromatic carbocycles. The Kier molecular flexibility index (Phi) is 5.59. The fourth-order valence-electron chi connectivity index (χ4n) is 2.34. The van der Waals surface area contributed by atoms with Gasteiger partial charge in [0.05, 0.1) is 6.42 Å². The lowest BCUT2D eigenvalue weighted by Crippen LogP contribution is -2.45. The maximum absolute atomic E-state index is 11.8. The van der Waals surface area contributed by atoms with Crippen LogP contribution in [0.3, 0.4) is 0 Å². The summed E-state index contributed by atoms with van der Waals surface area (Å²) in [6.07, 6.45) is 4.81. The van der Waals surface area contributed by atoms with Crippen molar-refractivity contribution < 1.29 is 14.7 Å². The molecule has 18 heavy (non-hydrogen) atoms. The minimum absolute atomic E-state index is 0.0551. The molecule has 0 spiro atoms. The first-order valence-electron chi connectivity index (χ1n) is 6.65. The first-order chi connectivity index (χ1) is 8.39. The predicted octanol–water partition coefficient (Wildman–Crippen LogP) is 1.28. The van der Waals surface area contributed by atoms with Gasteiger partial charge >= 0.3 is 5.97 Å². The molecular weight excluding hydrogens is 232 g/mol. The highest BCUT2D eigenvalue weighted by atomic mass is 16.4. The molecule has 5 heteroatoms. The van der Waals surface area contributed by atoms with Crippen molar-refractivity contribution in [2.45, 2.75) is 64.0 Å². The first-order valence-corrected chi connectivity index (χ1v) is 6.65. The van der Waals surface area contributed by atoms with Crippen molar-refractivity contribution in [3.63, 3.8) is 0 Å². The second kappa shape index (κ2) is 6.73. The molecule has 0 aromatic heterocycles. The monoisotopic (exact) mass is 256 g/mol. The van der Waals surface area contributed by atoms with Crippen LogP contribution >= 0.6 is 0 Å². The third-order valence-electron chi connectivity index (χ3n) is 3.20. The quantitative estimate of drug-likeness (QED) is 0.669. The maximum Gasteiger partial charge on any atom is 0.305 e. The number of piperidine rings is 1. The molecule has 1 rings (SSSR count). The van der Waals surface area contributed by atoms with Crippen LogP contribution in [-0.2, 0) is 9.59 Å². The number of carboxylic acid groups (broad SMARTS) is 1. The third kappa shape index (κ3) is 6.00. The Morgan fingerprint density at radius 1 is 1.39 bits per heavy atom. The normalized spacial score (nSPS) is 20.4. The Labute approximate surface area is 108 Å². The SMILES string of the molecule is CC(C)(CC(=O)O)NC(=O)CCC1CCCCN1. The topological polar surface area (TPSA) is 78.4 Å². The zero-order valence-corrected chi connectivity index (χ0v) is 11.3. The zero-order chi connectivity index (χ0) is 13.6. The number of nitrogens with one attached hydrogen (secondary N) is 2. The van der Waals surface area contributed by atoms with Crippen molar-refractivity contribution in [2.75, 3.05) is 6.54 Å². The van der Waals surface area contributed by atoms with E-state index in [9.17, 15) is 9.59 Å². The van der Waals surface area contributed by atoms with Gasteiger partial charge in [-0.3, -0.25) is 9.59 Å². The van der Waals surface area contributed by atoms with Crippen LogP contribution in [0, 0.1) is 0 Å². The van der Waals surface area contributed by atoms with Crippen LogP contribution in [0.15, 0.2) is 0 Å². The van der Waals surface area contributed by atoms with E-state index >= 15 is 0 Å². The fourth-order valence-corrected chi connectivity index (χ4v) is 2.34. The van der Waals surface area contributed by atoms with Crippen molar-refractivity contribution in [1.29, 1.82) is 0 Å². The smallest absolute Gasteiger partial charge is 0.305 e. The Morgan fingerprint density at radius 2 is 2.11 bits per heavy atom. The average Bonchev–Trinajstić information content (AvgIpc) is 2.25. The standard InChI is InChI=1S/C13H24N2O3/c1-13(2,9-12(17)18)15-11(16)7-6-10-5-3-4-8-14-10/h10,14H,3-9H2,1-2H3,(H,15,16)(H,17,18). The molecule has 3 N–H and O–H groups in total. The molecule has 1 aliphatic heterocycles. The number of hydrogen-bond acceptors (Lipinski definition) is 3. The number of amides is 1. The Morgan fingerprint density at radius 3 is 2.67 bits per heavy atom. The summed E-state index contributed by atoms with van der Waals surface area (Å²) in [4.78, 5) is 22.4. The molecule has 0 bridgehead atoms. The van der Waals surface area contributed by atoms with E-state index in [-0.39, 0.29) is 12.3 Å². The summed E-state index contributed by atoms with van der Waals surface area (Å²) in [6.45, 7) is 4.51. The average molecular weight is 256 g/mol. The van der Waals surface area contributed by atoms with E-state index in [1.54, 1.807) is 13.8 Å². The van der Waals surface area contributed by atoms with Gasteiger partial charge in [-0.1, -0.05) is 6.42 Å². The van der Waals surface area contributed by atoms with Gasteiger partial charge in [0.2, 0.25) is 5.91 Å². The van der Waals surface area contributed by atoms with Gasteiger partial charge in [0.1, 0.15) is 0 Å². The molecule has 0 aliphatic carbocycles. The van der Waals surface area contributed by atoms with Crippen molar-refractivity contribution in [3.05, 3.63) is 0 Å². The Hall–Kier alpha value is -1.10. The van der Waals surface area contributed by atoms with E-state index in [1.807, 2.05) is 0 Å². The van der Waals surface area contributed by atoms with Crippen LogP contribution in [0.5, 0.6) is 0 Å². The minimum Gasteiger partial charge on any atom is -0.481 e. The van der Waals surface area contributed by atoms with E-state index in [4.69, 9.17) is 5.11 Å². The lowest BCUT2D eigenvalue weighted by molar-refractivity contribution is -0.138. The molecule has 1 aliphatic rings. The van der Waals surface area contributed by atoms with Crippen LogP contribution in [0.25, 0.3) is 0 Å². The summed E-state index contributed by atoms with van der Waals surface area (Å²) < 4.78 is 0. The number of carbonyl (C=O) groups excluding carboxylic acids is 1. The second-order valence-electron chi connectivity index (χ2n) is 5.69. The van der Waals surface area contributed by atoms with Gasteiger partial charge < -0.3 is 15.7 Å². The van der Waals surface area contributed by atoms with Gasteiger partial charge in [-0.15, -0.1) is 0 Å². The van der Waals surface area contributed by atoms with Crippen molar-refractivity contribution in [1.82, 2.24) is 10.6 Å². The van der Waals surface area contributed by atoms with Crippen LogP contribution in [0.2, 0.25) is 0 Å². The van der Waals surface area contributed by atoms with E-state index in [2.05, 4.69) is 10.6 Å². The van der Waals surface area contributed by atoms with E-state index in [0.717, 1.165) is 19.4 Å². The molecule has 104 valence electrons. The highest BCUT2D eigenvalue weighted by Crippen LogP contribution is 2.13. The molecule has 1 heterocycles. The maximum atomic E-state index is 11.8.